The predicted molar refractivity (Wildman–Crippen MR) is 87.0 cm³/mol. The maximum absolute atomic E-state index is 11.7. The highest BCUT2D eigenvalue weighted by Gasteiger charge is 2.37. The van der Waals surface area contributed by atoms with Gasteiger partial charge in [-0.1, -0.05) is 43.5 Å². The second-order valence-corrected chi connectivity index (χ2v) is 6.57. The molecule has 5 nitrogen and oxygen atoms in total. The van der Waals surface area contributed by atoms with E-state index in [0.29, 0.717) is 5.92 Å². The molecule has 1 saturated heterocycles. The Morgan fingerprint density at radius 2 is 1.91 bits per heavy atom. The number of β-lactam (4-membered cyclic amide) rings is 1. The maximum atomic E-state index is 11.7. The first-order valence-corrected chi connectivity index (χ1v) is 8.46. The van der Waals surface area contributed by atoms with Gasteiger partial charge in [-0.25, -0.2) is 4.79 Å². The van der Waals surface area contributed by atoms with Gasteiger partial charge in [0, 0.05) is 0 Å². The first-order chi connectivity index (χ1) is 11.1. The monoisotopic (exact) mass is 316 g/mol. The minimum Gasteiger partial charge on any atom is -0.445 e. The van der Waals surface area contributed by atoms with Crippen molar-refractivity contribution in [2.75, 3.05) is 0 Å². The Morgan fingerprint density at radius 3 is 2.52 bits per heavy atom. The zero-order valence-corrected chi connectivity index (χ0v) is 13.5. The molecule has 0 aromatic heterocycles. The Bertz CT molecular complexity index is 564. The number of benzene rings is 1. The zero-order valence-electron chi connectivity index (χ0n) is 13.5. The third-order valence-corrected chi connectivity index (χ3v) is 4.85. The van der Waals surface area contributed by atoms with Crippen molar-refractivity contribution >= 4 is 12.0 Å². The van der Waals surface area contributed by atoms with Gasteiger partial charge in [-0.05, 0) is 36.8 Å². The largest absolute Gasteiger partial charge is 0.445 e. The second-order valence-electron chi connectivity index (χ2n) is 6.57. The summed E-state index contributed by atoms with van der Waals surface area (Å²) in [6.45, 7) is 2.07. The van der Waals surface area contributed by atoms with Crippen LogP contribution in [0, 0.1) is 0 Å². The second kappa shape index (κ2) is 7.02. The summed E-state index contributed by atoms with van der Waals surface area (Å²) in [4.78, 5) is 23.0. The van der Waals surface area contributed by atoms with Gasteiger partial charge in [0.1, 0.15) is 12.6 Å². The maximum Gasteiger partial charge on any atom is 0.408 e. The Labute approximate surface area is 136 Å². The van der Waals surface area contributed by atoms with Crippen molar-refractivity contribution in [2.45, 2.75) is 63.6 Å². The first-order valence-electron chi connectivity index (χ1n) is 8.46. The van der Waals surface area contributed by atoms with Crippen molar-refractivity contribution in [3.63, 3.8) is 0 Å². The molecule has 0 spiro atoms. The minimum atomic E-state index is -0.548. The zero-order chi connectivity index (χ0) is 16.2. The van der Waals surface area contributed by atoms with Crippen molar-refractivity contribution in [1.29, 1.82) is 0 Å². The molecule has 124 valence electrons. The fourth-order valence-corrected chi connectivity index (χ4v) is 3.36. The Morgan fingerprint density at radius 1 is 1.22 bits per heavy atom. The van der Waals surface area contributed by atoms with E-state index in [-0.39, 0.29) is 18.6 Å². The van der Waals surface area contributed by atoms with E-state index in [9.17, 15) is 9.59 Å². The average molecular weight is 316 g/mol. The van der Waals surface area contributed by atoms with Gasteiger partial charge in [-0.2, -0.15) is 0 Å². The highest BCUT2D eigenvalue weighted by atomic mass is 16.5. The molecule has 1 aliphatic heterocycles. The molecule has 1 aliphatic carbocycles. The van der Waals surface area contributed by atoms with E-state index in [0.717, 1.165) is 5.56 Å². The van der Waals surface area contributed by atoms with Crippen molar-refractivity contribution in [3.8, 4) is 0 Å². The van der Waals surface area contributed by atoms with E-state index in [2.05, 4.69) is 22.8 Å². The van der Waals surface area contributed by atoms with Crippen LogP contribution in [0.2, 0.25) is 0 Å². The summed E-state index contributed by atoms with van der Waals surface area (Å²) in [5, 5.41) is 5.24. The molecule has 5 heteroatoms. The predicted octanol–water partition coefficient (Wildman–Crippen LogP) is 2.85. The highest BCUT2D eigenvalue weighted by Crippen LogP contribution is 2.32. The number of carbonyl (C=O) groups excluding carboxylic acids is 2. The molecule has 2 amide bonds. The van der Waals surface area contributed by atoms with Crippen LogP contribution in [0.1, 0.15) is 56.1 Å². The van der Waals surface area contributed by atoms with Crippen LogP contribution in [-0.4, -0.2) is 24.1 Å². The molecule has 3 rings (SSSR count). The lowest BCUT2D eigenvalue weighted by atomic mass is 9.84. The molecule has 1 aromatic carbocycles. The van der Waals surface area contributed by atoms with E-state index in [1.54, 1.807) is 0 Å². The van der Waals surface area contributed by atoms with Crippen molar-refractivity contribution in [1.82, 2.24) is 10.6 Å². The number of alkyl carbamates (subject to hydrolysis) is 1. The van der Waals surface area contributed by atoms with Gasteiger partial charge < -0.3 is 15.4 Å². The van der Waals surface area contributed by atoms with Gasteiger partial charge in [0.2, 0.25) is 5.91 Å². The van der Waals surface area contributed by atoms with E-state index in [1.165, 1.54) is 37.7 Å². The Kier molecular flexibility index (Phi) is 4.84. The van der Waals surface area contributed by atoms with Gasteiger partial charge >= 0.3 is 6.09 Å². The standard InChI is InChI=1S/C18H24N2O3/c1-12-16(17(21)19-12)20-18(22)23-11-13-7-9-15(10-8-13)14-5-3-2-4-6-14/h7-10,12,14,16H,2-6,11H2,1H3,(H,19,21)(H,20,22)/t12-,16+/m0/s1. The minimum absolute atomic E-state index is 0.0372. The molecule has 1 heterocycles. The topological polar surface area (TPSA) is 67.4 Å². The summed E-state index contributed by atoms with van der Waals surface area (Å²) < 4.78 is 5.19. The Balaban J connectivity index is 1.46. The van der Waals surface area contributed by atoms with Crippen LogP contribution in [0.5, 0.6) is 0 Å². The lowest BCUT2D eigenvalue weighted by Gasteiger charge is -2.33. The number of ether oxygens (including phenoxy) is 1. The smallest absolute Gasteiger partial charge is 0.408 e. The summed E-state index contributed by atoms with van der Waals surface area (Å²) in [5.74, 6) is 0.520. The number of rotatable bonds is 4. The van der Waals surface area contributed by atoms with E-state index in [4.69, 9.17) is 4.74 Å². The van der Waals surface area contributed by atoms with Crippen LogP contribution in [0.15, 0.2) is 24.3 Å². The molecular formula is C18H24N2O3. The third-order valence-electron chi connectivity index (χ3n) is 4.85. The SMILES string of the molecule is C[C@@H]1NC(=O)[C@@H]1NC(=O)OCc1ccc(C2CCCCC2)cc1. The van der Waals surface area contributed by atoms with Gasteiger partial charge in [-0.15, -0.1) is 0 Å². The summed E-state index contributed by atoms with van der Waals surface area (Å²) in [7, 11) is 0. The number of hydrogen-bond acceptors (Lipinski definition) is 3. The molecule has 23 heavy (non-hydrogen) atoms. The van der Waals surface area contributed by atoms with Gasteiger partial charge in [0.05, 0.1) is 6.04 Å². The summed E-state index contributed by atoms with van der Waals surface area (Å²) in [6.07, 6.45) is 6.01. The molecule has 0 bridgehead atoms. The quantitative estimate of drug-likeness (QED) is 0.839. The fourth-order valence-electron chi connectivity index (χ4n) is 3.36. The number of carbonyl (C=O) groups is 2. The van der Waals surface area contributed by atoms with Gasteiger partial charge in [-0.3, -0.25) is 4.79 Å². The van der Waals surface area contributed by atoms with Crippen molar-refractivity contribution in [3.05, 3.63) is 35.4 Å². The van der Waals surface area contributed by atoms with Gasteiger partial charge in [0.25, 0.3) is 0 Å². The summed E-state index contributed by atoms with van der Waals surface area (Å²) >= 11 is 0. The van der Waals surface area contributed by atoms with Crippen LogP contribution >= 0.6 is 0 Å². The summed E-state index contributed by atoms with van der Waals surface area (Å²) in [6, 6.07) is 7.83. The van der Waals surface area contributed by atoms with Crippen LogP contribution in [-0.2, 0) is 16.1 Å². The normalized spacial score (nSPS) is 24.5. The Hall–Kier alpha value is -2.04. The molecular weight excluding hydrogens is 292 g/mol. The average Bonchev–Trinajstić information content (AvgIpc) is 2.59. The van der Waals surface area contributed by atoms with Crippen molar-refractivity contribution in [2.24, 2.45) is 0 Å². The molecule has 2 fully saturated rings. The molecule has 0 radical (unpaired) electrons. The summed E-state index contributed by atoms with van der Waals surface area (Å²) in [5.41, 5.74) is 2.35. The molecule has 1 aromatic rings. The van der Waals surface area contributed by atoms with E-state index < -0.39 is 12.1 Å². The molecule has 0 unspecified atom stereocenters. The van der Waals surface area contributed by atoms with Crippen LogP contribution < -0.4 is 10.6 Å². The number of amides is 2. The third kappa shape index (κ3) is 3.84. The van der Waals surface area contributed by atoms with Crippen LogP contribution in [0.4, 0.5) is 4.79 Å². The fraction of sp³-hybridized carbons (Fsp3) is 0.556. The van der Waals surface area contributed by atoms with Crippen LogP contribution in [0.3, 0.4) is 0 Å². The molecule has 1 saturated carbocycles. The molecule has 2 N–H and O–H groups in total. The number of hydrogen-bond donors (Lipinski definition) is 2. The molecule has 2 atom stereocenters. The van der Waals surface area contributed by atoms with Gasteiger partial charge in [0.15, 0.2) is 0 Å². The lowest BCUT2D eigenvalue weighted by molar-refractivity contribution is -0.131. The highest BCUT2D eigenvalue weighted by molar-refractivity contribution is 5.92. The number of nitrogens with one attached hydrogen (secondary N) is 2. The van der Waals surface area contributed by atoms with E-state index >= 15 is 0 Å². The first kappa shape index (κ1) is 15.8. The molecule has 2 aliphatic rings. The lowest BCUT2D eigenvalue weighted by Crippen LogP contribution is -2.67. The van der Waals surface area contributed by atoms with Crippen molar-refractivity contribution < 1.29 is 14.3 Å². The van der Waals surface area contributed by atoms with E-state index in [1.807, 2.05) is 19.1 Å². The van der Waals surface area contributed by atoms with Crippen LogP contribution in [0.25, 0.3) is 0 Å².